The van der Waals surface area contributed by atoms with Crippen LogP contribution in [0.25, 0.3) is 0 Å². The van der Waals surface area contributed by atoms with Crippen molar-refractivity contribution < 1.29 is 4.79 Å². The van der Waals surface area contributed by atoms with Crippen LogP contribution in [-0.4, -0.2) is 30.5 Å². The van der Waals surface area contributed by atoms with E-state index in [4.69, 9.17) is 0 Å². The Morgan fingerprint density at radius 2 is 2.39 bits per heavy atom. The van der Waals surface area contributed by atoms with Gasteiger partial charge in [-0.15, -0.1) is 0 Å². The number of benzene rings is 1. The normalized spacial score (nSPS) is 14.8. The van der Waals surface area contributed by atoms with E-state index in [1.165, 1.54) is 5.56 Å². The third-order valence-corrected chi connectivity index (χ3v) is 4.36. The first-order chi connectivity index (χ1) is 8.70. The smallest absolute Gasteiger partial charge is 0.251 e. The highest BCUT2D eigenvalue weighted by molar-refractivity contribution is 7.99. The number of carbonyl (C=O) groups is 1. The monoisotopic (exact) mass is 264 g/mol. The molecule has 0 aliphatic carbocycles. The number of nitrogens with one attached hydrogen (secondary N) is 2. The van der Waals surface area contributed by atoms with Gasteiger partial charge in [-0.05, 0) is 36.8 Å². The Morgan fingerprint density at radius 3 is 3.17 bits per heavy atom. The van der Waals surface area contributed by atoms with E-state index < -0.39 is 0 Å². The van der Waals surface area contributed by atoms with Gasteiger partial charge < -0.3 is 10.6 Å². The van der Waals surface area contributed by atoms with Gasteiger partial charge in [0.1, 0.15) is 0 Å². The Labute approximate surface area is 113 Å². The van der Waals surface area contributed by atoms with Crippen LogP contribution in [0, 0.1) is 0 Å². The van der Waals surface area contributed by atoms with Crippen LogP contribution in [0.5, 0.6) is 0 Å². The van der Waals surface area contributed by atoms with Gasteiger partial charge in [-0.3, -0.25) is 4.79 Å². The highest BCUT2D eigenvalue weighted by Crippen LogP contribution is 2.23. The van der Waals surface area contributed by atoms with E-state index in [2.05, 4.69) is 29.9 Å². The molecule has 1 unspecified atom stereocenters. The van der Waals surface area contributed by atoms with Crippen molar-refractivity contribution in [2.45, 2.75) is 25.0 Å². The zero-order chi connectivity index (χ0) is 13.0. The van der Waals surface area contributed by atoms with Crippen LogP contribution in [0.4, 0.5) is 5.69 Å². The second-order valence-corrected chi connectivity index (χ2v) is 5.92. The highest BCUT2D eigenvalue weighted by Gasteiger charge is 2.13. The van der Waals surface area contributed by atoms with Crippen LogP contribution in [0.2, 0.25) is 0 Å². The fraction of sp³-hybridized carbons (Fsp3) is 0.500. The summed E-state index contributed by atoms with van der Waals surface area (Å²) in [6.07, 6.45) is 4.16. The summed E-state index contributed by atoms with van der Waals surface area (Å²) in [5, 5.41) is 6.86. The van der Waals surface area contributed by atoms with E-state index in [0.717, 1.165) is 37.2 Å². The lowest BCUT2D eigenvalue weighted by atomic mass is 10.1. The Morgan fingerprint density at radius 1 is 1.56 bits per heavy atom. The molecule has 0 saturated heterocycles. The number of amides is 1. The van der Waals surface area contributed by atoms with Crippen molar-refractivity contribution in [3.8, 4) is 0 Å². The first-order valence-electron chi connectivity index (χ1n) is 6.38. The van der Waals surface area contributed by atoms with Gasteiger partial charge in [0.05, 0.1) is 0 Å². The van der Waals surface area contributed by atoms with Crippen molar-refractivity contribution in [3.05, 3.63) is 29.3 Å². The molecule has 18 heavy (non-hydrogen) atoms. The summed E-state index contributed by atoms with van der Waals surface area (Å²) in [4.78, 5) is 12.0. The standard InChI is InChI=1S/C14H20N2OS/c1-10(18-2)5-7-16-14(17)12-4-3-11-6-8-15-13(11)9-12/h3-4,9-10,15H,5-8H2,1-2H3,(H,16,17). The fourth-order valence-corrected chi connectivity index (χ4v) is 2.39. The van der Waals surface area contributed by atoms with Crippen molar-refractivity contribution in [1.82, 2.24) is 5.32 Å². The number of carbonyl (C=O) groups excluding carboxylic acids is 1. The number of hydrogen-bond donors (Lipinski definition) is 2. The summed E-state index contributed by atoms with van der Waals surface area (Å²) in [7, 11) is 0. The molecule has 0 radical (unpaired) electrons. The van der Waals surface area contributed by atoms with Crippen LogP contribution in [-0.2, 0) is 6.42 Å². The molecule has 2 rings (SSSR count). The van der Waals surface area contributed by atoms with Gasteiger partial charge in [-0.25, -0.2) is 0 Å². The van der Waals surface area contributed by atoms with E-state index in [-0.39, 0.29) is 5.91 Å². The molecule has 0 bridgehead atoms. The third kappa shape index (κ3) is 3.19. The summed E-state index contributed by atoms with van der Waals surface area (Å²) >= 11 is 1.83. The van der Waals surface area contributed by atoms with Crippen molar-refractivity contribution in [2.24, 2.45) is 0 Å². The summed E-state index contributed by atoms with van der Waals surface area (Å²) in [6, 6.07) is 5.92. The molecular weight excluding hydrogens is 244 g/mol. The molecule has 1 atom stereocenters. The minimum Gasteiger partial charge on any atom is -0.384 e. The lowest BCUT2D eigenvalue weighted by Crippen LogP contribution is -2.26. The van der Waals surface area contributed by atoms with Crippen LogP contribution < -0.4 is 10.6 Å². The second kappa shape index (κ2) is 6.14. The summed E-state index contributed by atoms with van der Waals surface area (Å²) in [5.74, 6) is 0.0276. The summed E-state index contributed by atoms with van der Waals surface area (Å²) in [5.41, 5.74) is 3.17. The number of fused-ring (bicyclic) bond motifs is 1. The van der Waals surface area contributed by atoms with E-state index in [1.807, 2.05) is 23.9 Å². The molecule has 1 aliphatic rings. The molecule has 1 aliphatic heterocycles. The second-order valence-electron chi connectivity index (χ2n) is 4.64. The van der Waals surface area contributed by atoms with Crippen LogP contribution in [0.1, 0.15) is 29.3 Å². The number of hydrogen-bond acceptors (Lipinski definition) is 3. The predicted molar refractivity (Wildman–Crippen MR) is 78.6 cm³/mol. The fourth-order valence-electron chi connectivity index (χ4n) is 2.04. The quantitative estimate of drug-likeness (QED) is 0.858. The molecule has 0 spiro atoms. The molecule has 4 heteroatoms. The average molecular weight is 264 g/mol. The molecule has 2 N–H and O–H groups in total. The van der Waals surface area contributed by atoms with Crippen molar-refractivity contribution in [1.29, 1.82) is 0 Å². The Kier molecular flexibility index (Phi) is 4.53. The van der Waals surface area contributed by atoms with Crippen LogP contribution >= 0.6 is 11.8 Å². The minimum absolute atomic E-state index is 0.0276. The Balaban J connectivity index is 1.89. The minimum atomic E-state index is 0.0276. The molecule has 1 aromatic carbocycles. The maximum absolute atomic E-state index is 12.0. The molecule has 98 valence electrons. The molecule has 1 heterocycles. The largest absolute Gasteiger partial charge is 0.384 e. The van der Waals surface area contributed by atoms with Gasteiger partial charge in [-0.1, -0.05) is 13.0 Å². The number of rotatable bonds is 5. The number of thioether (sulfide) groups is 1. The molecule has 3 nitrogen and oxygen atoms in total. The third-order valence-electron chi connectivity index (χ3n) is 3.32. The van der Waals surface area contributed by atoms with E-state index in [0.29, 0.717) is 5.25 Å². The summed E-state index contributed by atoms with van der Waals surface area (Å²) in [6.45, 7) is 3.90. The molecule has 0 fully saturated rings. The van der Waals surface area contributed by atoms with Gasteiger partial charge in [0.2, 0.25) is 0 Å². The van der Waals surface area contributed by atoms with Crippen LogP contribution in [0.3, 0.4) is 0 Å². The van der Waals surface area contributed by atoms with Gasteiger partial charge in [0.15, 0.2) is 0 Å². The van der Waals surface area contributed by atoms with E-state index >= 15 is 0 Å². The van der Waals surface area contributed by atoms with Crippen molar-refractivity contribution in [3.63, 3.8) is 0 Å². The summed E-state index contributed by atoms with van der Waals surface area (Å²) < 4.78 is 0. The van der Waals surface area contributed by atoms with Gasteiger partial charge in [0.25, 0.3) is 5.91 Å². The lowest BCUT2D eigenvalue weighted by molar-refractivity contribution is 0.0953. The highest BCUT2D eigenvalue weighted by atomic mass is 32.2. The van der Waals surface area contributed by atoms with E-state index in [9.17, 15) is 4.79 Å². The van der Waals surface area contributed by atoms with Gasteiger partial charge in [-0.2, -0.15) is 11.8 Å². The lowest BCUT2D eigenvalue weighted by Gasteiger charge is -2.10. The predicted octanol–water partition coefficient (Wildman–Crippen LogP) is 2.53. The Hall–Kier alpha value is -1.16. The zero-order valence-electron chi connectivity index (χ0n) is 11.0. The first-order valence-corrected chi connectivity index (χ1v) is 7.67. The SMILES string of the molecule is CSC(C)CCNC(=O)c1ccc2c(c1)NCC2. The molecule has 1 aromatic rings. The van der Waals surface area contributed by atoms with Crippen LogP contribution in [0.15, 0.2) is 18.2 Å². The maximum Gasteiger partial charge on any atom is 0.251 e. The van der Waals surface area contributed by atoms with E-state index in [1.54, 1.807) is 0 Å². The van der Waals surface area contributed by atoms with Crippen molar-refractivity contribution >= 4 is 23.4 Å². The zero-order valence-corrected chi connectivity index (χ0v) is 11.8. The first kappa shape index (κ1) is 13.3. The van der Waals surface area contributed by atoms with Gasteiger partial charge >= 0.3 is 0 Å². The topological polar surface area (TPSA) is 41.1 Å². The molecule has 0 aromatic heterocycles. The Bertz CT molecular complexity index is 434. The average Bonchev–Trinajstić information content (AvgIpc) is 2.85. The van der Waals surface area contributed by atoms with Gasteiger partial charge in [0, 0.05) is 29.6 Å². The maximum atomic E-state index is 12.0. The number of anilines is 1. The van der Waals surface area contributed by atoms with Crippen molar-refractivity contribution in [2.75, 3.05) is 24.7 Å². The molecule has 1 amide bonds. The molecular formula is C14H20N2OS. The molecule has 0 saturated carbocycles.